The van der Waals surface area contributed by atoms with Gasteiger partial charge in [0, 0.05) is 5.69 Å². The summed E-state index contributed by atoms with van der Waals surface area (Å²) in [5.41, 5.74) is 7.10. The molecule has 0 saturated carbocycles. The summed E-state index contributed by atoms with van der Waals surface area (Å²) in [6.45, 7) is 1.91. The fraction of sp³-hybridized carbons (Fsp3) is 0.0769. The Labute approximate surface area is 116 Å². The molecule has 1 heterocycles. The molecule has 0 spiro atoms. The summed E-state index contributed by atoms with van der Waals surface area (Å²) in [6, 6.07) is 8.95. The highest BCUT2D eigenvalue weighted by atomic mass is 35.5. The predicted molar refractivity (Wildman–Crippen MR) is 76.4 cm³/mol. The lowest BCUT2D eigenvalue weighted by Crippen LogP contribution is -2.11. The predicted octanol–water partition coefficient (Wildman–Crippen LogP) is 3.47. The second-order valence-electron chi connectivity index (χ2n) is 3.71. The molecule has 5 heteroatoms. The molecule has 18 heavy (non-hydrogen) atoms. The van der Waals surface area contributed by atoms with Crippen molar-refractivity contribution < 1.29 is 4.74 Å². The largest absolute Gasteiger partial charge is 0.455 e. The van der Waals surface area contributed by atoms with E-state index in [0.29, 0.717) is 22.1 Å². The molecular weight excluding hydrogens is 268 g/mol. The number of nitrogens with zero attached hydrogens (tertiary/aromatic N) is 1. The molecule has 2 aromatic rings. The monoisotopic (exact) mass is 278 g/mol. The van der Waals surface area contributed by atoms with Crippen molar-refractivity contribution in [3.8, 4) is 11.5 Å². The normalized spacial score (nSPS) is 10.1. The van der Waals surface area contributed by atoms with Crippen molar-refractivity contribution in [2.45, 2.75) is 6.92 Å². The maximum atomic E-state index is 6.05. The summed E-state index contributed by atoms with van der Waals surface area (Å²) < 4.78 is 5.69. The first kappa shape index (κ1) is 12.8. The van der Waals surface area contributed by atoms with Crippen LogP contribution in [0.3, 0.4) is 0 Å². The number of aromatic nitrogens is 1. The van der Waals surface area contributed by atoms with E-state index in [-0.39, 0.29) is 4.99 Å². The van der Waals surface area contributed by atoms with Gasteiger partial charge in [0.15, 0.2) is 0 Å². The Hall–Kier alpha value is -1.65. The van der Waals surface area contributed by atoms with Crippen LogP contribution in [0.2, 0.25) is 5.02 Å². The van der Waals surface area contributed by atoms with E-state index < -0.39 is 0 Å². The number of nitrogens with two attached hydrogens (primary N) is 1. The van der Waals surface area contributed by atoms with Crippen LogP contribution in [0.1, 0.15) is 11.3 Å². The molecule has 2 rings (SSSR count). The molecule has 0 aliphatic rings. The highest BCUT2D eigenvalue weighted by Crippen LogP contribution is 2.30. The number of hydrogen-bond acceptors (Lipinski definition) is 3. The summed E-state index contributed by atoms with van der Waals surface area (Å²) in [4.78, 5) is 4.35. The van der Waals surface area contributed by atoms with Crippen LogP contribution in [0.4, 0.5) is 0 Å². The number of pyridine rings is 1. The van der Waals surface area contributed by atoms with Gasteiger partial charge < -0.3 is 10.5 Å². The molecule has 0 aliphatic carbocycles. The van der Waals surface area contributed by atoms with Crippen LogP contribution < -0.4 is 10.5 Å². The maximum Gasteiger partial charge on any atom is 0.145 e. The fourth-order valence-electron chi connectivity index (χ4n) is 1.47. The minimum Gasteiger partial charge on any atom is -0.455 e. The second-order valence-corrected chi connectivity index (χ2v) is 4.56. The lowest BCUT2D eigenvalue weighted by Gasteiger charge is -2.11. The molecular formula is C13H11ClN2OS. The summed E-state index contributed by atoms with van der Waals surface area (Å²) in [5.74, 6) is 1.14. The van der Waals surface area contributed by atoms with Crippen molar-refractivity contribution in [2.24, 2.45) is 5.73 Å². The summed E-state index contributed by atoms with van der Waals surface area (Å²) in [7, 11) is 0. The van der Waals surface area contributed by atoms with E-state index in [1.165, 1.54) is 0 Å². The van der Waals surface area contributed by atoms with Crippen LogP contribution in [-0.4, -0.2) is 9.97 Å². The van der Waals surface area contributed by atoms with Crippen molar-refractivity contribution in [1.82, 2.24) is 4.98 Å². The third-order valence-corrected chi connectivity index (χ3v) is 2.85. The van der Waals surface area contributed by atoms with E-state index in [0.717, 1.165) is 5.69 Å². The first-order valence-corrected chi connectivity index (χ1v) is 6.05. The zero-order valence-corrected chi connectivity index (χ0v) is 11.3. The smallest absolute Gasteiger partial charge is 0.145 e. The Balaban J connectivity index is 2.37. The van der Waals surface area contributed by atoms with E-state index in [1.807, 2.05) is 19.1 Å². The minimum atomic E-state index is 0.204. The lowest BCUT2D eigenvalue weighted by atomic mass is 10.2. The van der Waals surface area contributed by atoms with Crippen molar-refractivity contribution >= 4 is 28.8 Å². The molecule has 0 amide bonds. The minimum absolute atomic E-state index is 0.204. The average molecular weight is 279 g/mol. The molecule has 1 aromatic heterocycles. The Bertz CT molecular complexity index is 584. The van der Waals surface area contributed by atoms with Gasteiger partial charge in [-0.1, -0.05) is 29.9 Å². The number of rotatable bonds is 3. The van der Waals surface area contributed by atoms with Gasteiger partial charge in [0.1, 0.15) is 16.5 Å². The third-order valence-electron chi connectivity index (χ3n) is 2.33. The van der Waals surface area contributed by atoms with Gasteiger partial charge in [-0.25, -0.2) is 0 Å². The first-order chi connectivity index (χ1) is 8.58. The fourth-order valence-corrected chi connectivity index (χ4v) is 2.00. The quantitative estimate of drug-likeness (QED) is 0.874. The average Bonchev–Trinajstić information content (AvgIpc) is 2.32. The van der Waals surface area contributed by atoms with Crippen LogP contribution in [0, 0.1) is 6.92 Å². The Morgan fingerprint density at radius 2 is 2.11 bits per heavy atom. The van der Waals surface area contributed by atoms with E-state index in [4.69, 9.17) is 34.3 Å². The van der Waals surface area contributed by atoms with Crippen molar-refractivity contribution in [3.05, 3.63) is 52.8 Å². The highest BCUT2D eigenvalue weighted by Gasteiger charge is 2.11. The van der Waals surface area contributed by atoms with Gasteiger partial charge in [-0.05, 0) is 31.2 Å². The van der Waals surface area contributed by atoms with Gasteiger partial charge in [0.25, 0.3) is 0 Å². The number of halogens is 1. The molecule has 3 nitrogen and oxygen atoms in total. The maximum absolute atomic E-state index is 6.05. The lowest BCUT2D eigenvalue weighted by molar-refractivity contribution is 0.479. The molecule has 0 aliphatic heterocycles. The van der Waals surface area contributed by atoms with E-state index in [2.05, 4.69) is 4.98 Å². The van der Waals surface area contributed by atoms with Gasteiger partial charge in [-0.3, -0.25) is 4.98 Å². The van der Waals surface area contributed by atoms with Gasteiger partial charge in [0.05, 0.1) is 16.8 Å². The van der Waals surface area contributed by atoms with Crippen molar-refractivity contribution in [2.75, 3.05) is 0 Å². The van der Waals surface area contributed by atoms with Crippen LogP contribution >= 0.6 is 23.8 Å². The molecule has 0 saturated heterocycles. The highest BCUT2D eigenvalue weighted by molar-refractivity contribution is 7.80. The van der Waals surface area contributed by atoms with Crippen LogP contribution in [0.5, 0.6) is 11.5 Å². The SMILES string of the molecule is Cc1ccc(Oc2cccc(Cl)c2C(N)=S)cn1. The first-order valence-electron chi connectivity index (χ1n) is 5.27. The van der Waals surface area contributed by atoms with Gasteiger partial charge >= 0.3 is 0 Å². The standard InChI is InChI=1S/C13H11ClN2OS/c1-8-5-6-9(7-16-8)17-11-4-2-3-10(14)12(11)13(15)18/h2-7H,1H3,(H2,15,18). The van der Waals surface area contributed by atoms with Gasteiger partial charge in [-0.15, -0.1) is 0 Å². The van der Waals surface area contributed by atoms with Crippen molar-refractivity contribution in [3.63, 3.8) is 0 Å². The molecule has 0 bridgehead atoms. The van der Waals surface area contributed by atoms with Gasteiger partial charge in [-0.2, -0.15) is 0 Å². The summed E-state index contributed by atoms with van der Waals surface area (Å²) in [6.07, 6.45) is 1.64. The summed E-state index contributed by atoms with van der Waals surface area (Å²) >= 11 is 11.0. The van der Waals surface area contributed by atoms with Crippen molar-refractivity contribution in [1.29, 1.82) is 0 Å². The molecule has 1 aromatic carbocycles. The van der Waals surface area contributed by atoms with E-state index >= 15 is 0 Å². The topological polar surface area (TPSA) is 48.1 Å². The van der Waals surface area contributed by atoms with Crippen LogP contribution in [0.25, 0.3) is 0 Å². The number of aryl methyl sites for hydroxylation is 1. The zero-order valence-electron chi connectivity index (χ0n) is 9.68. The Morgan fingerprint density at radius 3 is 2.72 bits per heavy atom. The summed E-state index contributed by atoms with van der Waals surface area (Å²) in [5, 5.41) is 0.472. The second kappa shape index (κ2) is 5.33. The molecule has 0 unspecified atom stereocenters. The number of thiocarbonyl (C=S) groups is 1. The van der Waals surface area contributed by atoms with E-state index in [1.54, 1.807) is 24.4 Å². The molecule has 2 N–H and O–H groups in total. The molecule has 0 atom stereocenters. The number of ether oxygens (including phenoxy) is 1. The Kier molecular flexibility index (Phi) is 3.79. The third kappa shape index (κ3) is 2.78. The van der Waals surface area contributed by atoms with Crippen LogP contribution in [-0.2, 0) is 0 Å². The molecule has 92 valence electrons. The number of benzene rings is 1. The molecule has 0 radical (unpaired) electrons. The Morgan fingerprint density at radius 1 is 1.33 bits per heavy atom. The van der Waals surface area contributed by atoms with Crippen LogP contribution in [0.15, 0.2) is 36.5 Å². The number of hydrogen-bond donors (Lipinski definition) is 1. The molecule has 0 fully saturated rings. The van der Waals surface area contributed by atoms with Gasteiger partial charge in [0.2, 0.25) is 0 Å². The van der Waals surface area contributed by atoms with E-state index in [9.17, 15) is 0 Å². The zero-order chi connectivity index (χ0) is 13.1.